The summed E-state index contributed by atoms with van der Waals surface area (Å²) < 4.78 is 6.67. The number of aryl methyl sites for hydroxylation is 1. The minimum Gasteiger partial charge on any atom is -0.452 e. The average Bonchev–Trinajstić information content (AvgIpc) is 2.88. The molecule has 0 aliphatic carbocycles. The number of hydrogen-bond acceptors (Lipinski definition) is 4. The van der Waals surface area contributed by atoms with E-state index in [2.05, 4.69) is 10.4 Å². The third-order valence-corrected chi connectivity index (χ3v) is 4.62. The molecule has 8 heteroatoms. The summed E-state index contributed by atoms with van der Waals surface area (Å²) in [6.45, 7) is 6.12. The zero-order valence-electron chi connectivity index (χ0n) is 15.4. The Hall–Kier alpha value is -2.31. The van der Waals surface area contributed by atoms with Gasteiger partial charge in [-0.3, -0.25) is 9.48 Å². The second-order valence-electron chi connectivity index (χ2n) is 5.84. The fourth-order valence-electron chi connectivity index (χ4n) is 2.52. The number of likely N-dealkylation sites (N-methyl/N-ethyl adjacent to an activating group) is 1. The Balaban J connectivity index is 2.11. The number of rotatable bonds is 7. The highest BCUT2D eigenvalue weighted by molar-refractivity contribution is 6.35. The van der Waals surface area contributed by atoms with Gasteiger partial charge in [0.2, 0.25) is 0 Å². The van der Waals surface area contributed by atoms with Crippen LogP contribution < -0.4 is 5.32 Å². The molecular weight excluding hydrogens is 389 g/mol. The van der Waals surface area contributed by atoms with Gasteiger partial charge >= 0.3 is 5.97 Å². The number of carbonyl (C=O) groups excluding carboxylic acids is 2. The van der Waals surface area contributed by atoms with E-state index in [9.17, 15) is 9.59 Å². The first kappa shape index (κ1) is 21.0. The lowest BCUT2D eigenvalue weighted by molar-refractivity contribution is -0.143. The zero-order chi connectivity index (χ0) is 20.0. The highest BCUT2D eigenvalue weighted by Gasteiger charge is 2.13. The topological polar surface area (TPSA) is 73.2 Å². The van der Waals surface area contributed by atoms with Crippen molar-refractivity contribution in [3.05, 3.63) is 56.8 Å². The summed E-state index contributed by atoms with van der Waals surface area (Å²) in [7, 11) is 0. The normalized spacial score (nSPS) is 11.0. The Morgan fingerprint density at radius 3 is 2.56 bits per heavy atom. The molecule has 0 radical (unpaired) electrons. The Labute approximate surface area is 168 Å². The summed E-state index contributed by atoms with van der Waals surface area (Å²) in [6, 6.07) is 5.34. The van der Waals surface area contributed by atoms with E-state index in [0.29, 0.717) is 23.1 Å². The summed E-state index contributed by atoms with van der Waals surface area (Å²) in [5, 5.41) is 8.19. The largest absolute Gasteiger partial charge is 0.452 e. The third kappa shape index (κ3) is 5.58. The van der Waals surface area contributed by atoms with Crippen LogP contribution in [0.5, 0.6) is 0 Å². The molecule has 0 aliphatic rings. The molecule has 1 heterocycles. The Kier molecular flexibility index (Phi) is 7.45. The van der Waals surface area contributed by atoms with Gasteiger partial charge in [0.25, 0.3) is 5.91 Å². The lowest BCUT2D eigenvalue weighted by Crippen LogP contribution is -2.28. The fourth-order valence-corrected chi connectivity index (χ4v) is 3.04. The molecule has 6 nitrogen and oxygen atoms in total. The van der Waals surface area contributed by atoms with Crippen LogP contribution in [0.1, 0.15) is 29.4 Å². The SMILES string of the molecule is CCNC(=O)COC(=O)/C=C/c1c(C)nn(Cc2c(Cl)cccc2Cl)c1C. The molecule has 1 amide bonds. The molecule has 1 aromatic heterocycles. The molecule has 0 fully saturated rings. The van der Waals surface area contributed by atoms with Crippen molar-refractivity contribution in [3.63, 3.8) is 0 Å². The van der Waals surface area contributed by atoms with Gasteiger partial charge in [0.1, 0.15) is 0 Å². The van der Waals surface area contributed by atoms with Crippen molar-refractivity contribution >= 4 is 41.2 Å². The van der Waals surface area contributed by atoms with Crippen LogP contribution in [0.3, 0.4) is 0 Å². The number of benzene rings is 1. The van der Waals surface area contributed by atoms with Crippen molar-refractivity contribution in [2.75, 3.05) is 13.2 Å². The van der Waals surface area contributed by atoms with Gasteiger partial charge in [-0.05, 0) is 39.0 Å². The standard InChI is InChI=1S/C19H21Cl2N3O3/c1-4-22-18(25)11-27-19(26)9-8-14-12(2)23-24(13(14)3)10-15-16(20)6-5-7-17(15)21/h5-9H,4,10-11H2,1-3H3,(H,22,25)/b9-8+. The van der Waals surface area contributed by atoms with Crippen LogP contribution in [0.15, 0.2) is 24.3 Å². The number of nitrogens with one attached hydrogen (secondary N) is 1. The van der Waals surface area contributed by atoms with Gasteiger partial charge in [0, 0.05) is 39.5 Å². The number of hydrogen-bond donors (Lipinski definition) is 1. The van der Waals surface area contributed by atoms with E-state index in [1.54, 1.807) is 35.9 Å². The number of halogens is 2. The molecule has 0 unspecified atom stereocenters. The molecular formula is C19H21Cl2N3O3. The molecule has 2 rings (SSSR count). The second kappa shape index (κ2) is 9.58. The summed E-state index contributed by atoms with van der Waals surface area (Å²) in [6.07, 6.45) is 2.91. The minimum absolute atomic E-state index is 0.306. The molecule has 0 spiro atoms. The maximum absolute atomic E-state index is 11.8. The molecule has 144 valence electrons. The molecule has 27 heavy (non-hydrogen) atoms. The smallest absolute Gasteiger partial charge is 0.331 e. The van der Waals surface area contributed by atoms with Crippen LogP contribution in [-0.2, 0) is 20.9 Å². The maximum atomic E-state index is 11.8. The van der Waals surface area contributed by atoms with Crippen LogP contribution in [0, 0.1) is 13.8 Å². The van der Waals surface area contributed by atoms with E-state index >= 15 is 0 Å². The number of ether oxygens (including phenoxy) is 1. The number of nitrogens with zero attached hydrogens (tertiary/aromatic N) is 2. The molecule has 1 N–H and O–H groups in total. The zero-order valence-corrected chi connectivity index (χ0v) is 16.9. The Bertz CT molecular complexity index is 855. The predicted molar refractivity (Wildman–Crippen MR) is 106 cm³/mol. The quantitative estimate of drug-likeness (QED) is 0.560. The first-order chi connectivity index (χ1) is 12.8. The van der Waals surface area contributed by atoms with Gasteiger partial charge in [-0.2, -0.15) is 5.10 Å². The van der Waals surface area contributed by atoms with E-state index in [4.69, 9.17) is 27.9 Å². The van der Waals surface area contributed by atoms with Crippen LogP contribution in [0.25, 0.3) is 6.08 Å². The lowest BCUT2D eigenvalue weighted by Gasteiger charge is -2.09. The van der Waals surface area contributed by atoms with Crippen LogP contribution in [0.2, 0.25) is 10.0 Å². The minimum atomic E-state index is -0.595. The predicted octanol–water partition coefficient (Wildman–Crippen LogP) is 3.55. The van der Waals surface area contributed by atoms with E-state index in [1.807, 2.05) is 13.8 Å². The van der Waals surface area contributed by atoms with Crippen LogP contribution >= 0.6 is 23.2 Å². The summed E-state index contributed by atoms with van der Waals surface area (Å²) in [5.74, 6) is -0.932. The monoisotopic (exact) mass is 409 g/mol. The molecule has 0 aliphatic heterocycles. The molecule has 1 aromatic carbocycles. The van der Waals surface area contributed by atoms with Gasteiger partial charge in [-0.1, -0.05) is 29.3 Å². The van der Waals surface area contributed by atoms with E-state index in [0.717, 1.165) is 22.5 Å². The molecule has 2 aromatic rings. The average molecular weight is 410 g/mol. The van der Waals surface area contributed by atoms with Crippen molar-refractivity contribution in [2.24, 2.45) is 0 Å². The number of aromatic nitrogens is 2. The lowest BCUT2D eigenvalue weighted by atomic mass is 10.1. The summed E-state index contributed by atoms with van der Waals surface area (Å²) in [5.41, 5.74) is 3.19. The Morgan fingerprint density at radius 2 is 1.93 bits per heavy atom. The third-order valence-electron chi connectivity index (χ3n) is 3.91. The number of esters is 1. The van der Waals surface area contributed by atoms with Crippen molar-refractivity contribution in [3.8, 4) is 0 Å². The van der Waals surface area contributed by atoms with Gasteiger partial charge in [-0.25, -0.2) is 4.79 Å². The van der Waals surface area contributed by atoms with Gasteiger partial charge in [0.15, 0.2) is 6.61 Å². The van der Waals surface area contributed by atoms with Crippen molar-refractivity contribution in [1.82, 2.24) is 15.1 Å². The van der Waals surface area contributed by atoms with E-state index < -0.39 is 5.97 Å². The number of carbonyl (C=O) groups is 2. The first-order valence-electron chi connectivity index (χ1n) is 8.41. The molecule has 0 saturated carbocycles. The van der Waals surface area contributed by atoms with Crippen molar-refractivity contribution in [2.45, 2.75) is 27.3 Å². The van der Waals surface area contributed by atoms with Crippen molar-refractivity contribution in [1.29, 1.82) is 0 Å². The number of amides is 1. The van der Waals surface area contributed by atoms with Crippen LogP contribution in [-0.4, -0.2) is 34.8 Å². The fraction of sp³-hybridized carbons (Fsp3) is 0.316. The molecule has 0 saturated heterocycles. The molecule has 0 bridgehead atoms. The van der Waals surface area contributed by atoms with E-state index in [1.165, 1.54) is 6.08 Å². The van der Waals surface area contributed by atoms with Crippen molar-refractivity contribution < 1.29 is 14.3 Å². The summed E-state index contributed by atoms with van der Waals surface area (Å²) in [4.78, 5) is 23.1. The highest BCUT2D eigenvalue weighted by atomic mass is 35.5. The Morgan fingerprint density at radius 1 is 1.26 bits per heavy atom. The van der Waals surface area contributed by atoms with E-state index in [-0.39, 0.29) is 12.5 Å². The second-order valence-corrected chi connectivity index (χ2v) is 6.65. The highest BCUT2D eigenvalue weighted by Crippen LogP contribution is 2.26. The van der Waals surface area contributed by atoms with Gasteiger partial charge in [-0.15, -0.1) is 0 Å². The van der Waals surface area contributed by atoms with Gasteiger partial charge in [0.05, 0.1) is 12.2 Å². The van der Waals surface area contributed by atoms with Crippen LogP contribution in [0.4, 0.5) is 0 Å². The van der Waals surface area contributed by atoms with Gasteiger partial charge < -0.3 is 10.1 Å². The maximum Gasteiger partial charge on any atom is 0.331 e. The molecule has 0 atom stereocenters. The summed E-state index contributed by atoms with van der Waals surface area (Å²) >= 11 is 12.5. The first-order valence-corrected chi connectivity index (χ1v) is 9.17.